The van der Waals surface area contributed by atoms with Crippen molar-refractivity contribution in [3.05, 3.63) is 0 Å². The summed E-state index contributed by atoms with van der Waals surface area (Å²) in [4.78, 5) is 0. The zero-order chi connectivity index (χ0) is 12.1. The second kappa shape index (κ2) is 6.17. The summed E-state index contributed by atoms with van der Waals surface area (Å²) in [7, 11) is 0. The van der Waals surface area contributed by atoms with Gasteiger partial charge in [-0.3, -0.25) is 0 Å². The molecule has 0 aromatic rings. The molecule has 0 spiro atoms. The van der Waals surface area contributed by atoms with Crippen molar-refractivity contribution < 1.29 is 9.84 Å². The second-order valence-corrected chi connectivity index (χ2v) is 5.79. The Bertz CT molecular complexity index is 230. The minimum Gasteiger partial charge on any atom is -0.394 e. The van der Waals surface area contributed by atoms with E-state index < -0.39 is 0 Å². The van der Waals surface area contributed by atoms with Gasteiger partial charge in [-0.1, -0.05) is 26.2 Å². The molecule has 3 heteroatoms. The van der Waals surface area contributed by atoms with Crippen molar-refractivity contribution in [2.24, 2.45) is 5.92 Å². The Balaban J connectivity index is 1.65. The fraction of sp³-hybridized carbons (Fsp3) is 1.00. The highest BCUT2D eigenvalue weighted by Gasteiger charge is 2.38. The summed E-state index contributed by atoms with van der Waals surface area (Å²) >= 11 is 0. The minimum absolute atomic E-state index is 0.0596. The molecule has 2 atom stereocenters. The molecule has 0 saturated heterocycles. The Morgan fingerprint density at radius 3 is 2.76 bits per heavy atom. The van der Waals surface area contributed by atoms with Crippen LogP contribution in [0.25, 0.3) is 0 Å². The summed E-state index contributed by atoms with van der Waals surface area (Å²) in [5, 5.41) is 12.9. The highest BCUT2D eigenvalue weighted by atomic mass is 16.5. The van der Waals surface area contributed by atoms with Gasteiger partial charge in [0.25, 0.3) is 0 Å². The Morgan fingerprint density at radius 2 is 2.18 bits per heavy atom. The van der Waals surface area contributed by atoms with Crippen molar-refractivity contribution in [2.45, 2.75) is 63.5 Å². The van der Waals surface area contributed by atoms with E-state index in [-0.39, 0.29) is 12.1 Å². The SMILES string of the molecule is CCNC1(CO)CCC(OCCC2CCC2)C1. The van der Waals surface area contributed by atoms with E-state index in [1.54, 1.807) is 0 Å². The van der Waals surface area contributed by atoms with Gasteiger partial charge in [-0.05, 0) is 38.1 Å². The molecule has 2 aliphatic rings. The molecule has 0 radical (unpaired) electrons. The van der Waals surface area contributed by atoms with E-state index in [1.165, 1.54) is 25.7 Å². The molecular weight excluding hydrogens is 214 g/mol. The highest BCUT2D eigenvalue weighted by molar-refractivity contribution is 4.96. The van der Waals surface area contributed by atoms with Gasteiger partial charge in [0.05, 0.1) is 12.7 Å². The lowest BCUT2D eigenvalue weighted by molar-refractivity contribution is 0.0334. The first-order valence-corrected chi connectivity index (χ1v) is 7.25. The summed E-state index contributed by atoms with van der Waals surface area (Å²) < 4.78 is 5.96. The third-order valence-electron chi connectivity index (χ3n) is 4.52. The van der Waals surface area contributed by atoms with Gasteiger partial charge in [-0.2, -0.15) is 0 Å². The number of aliphatic hydroxyl groups excluding tert-OH is 1. The van der Waals surface area contributed by atoms with Crippen LogP contribution >= 0.6 is 0 Å². The number of ether oxygens (including phenoxy) is 1. The normalized spacial score (nSPS) is 33.9. The summed E-state index contributed by atoms with van der Waals surface area (Å²) in [6.07, 6.45) is 8.96. The number of likely N-dealkylation sites (N-methyl/N-ethyl adjacent to an activating group) is 1. The monoisotopic (exact) mass is 241 g/mol. The maximum absolute atomic E-state index is 9.51. The smallest absolute Gasteiger partial charge is 0.0614 e. The second-order valence-electron chi connectivity index (χ2n) is 5.79. The molecule has 0 aliphatic heterocycles. The van der Waals surface area contributed by atoms with Crippen LogP contribution < -0.4 is 5.32 Å². The molecular formula is C14H27NO2. The number of hydrogen-bond acceptors (Lipinski definition) is 3. The lowest BCUT2D eigenvalue weighted by atomic mass is 9.83. The van der Waals surface area contributed by atoms with E-state index >= 15 is 0 Å². The van der Waals surface area contributed by atoms with Gasteiger partial charge in [0.15, 0.2) is 0 Å². The minimum atomic E-state index is -0.0596. The fourth-order valence-corrected chi connectivity index (χ4v) is 3.14. The predicted octanol–water partition coefficient (Wildman–Crippen LogP) is 2.09. The van der Waals surface area contributed by atoms with E-state index in [0.29, 0.717) is 6.10 Å². The molecule has 0 bridgehead atoms. The molecule has 0 aromatic heterocycles. The Hall–Kier alpha value is -0.120. The highest BCUT2D eigenvalue weighted by Crippen LogP contribution is 2.33. The van der Waals surface area contributed by atoms with Gasteiger partial charge in [0.2, 0.25) is 0 Å². The topological polar surface area (TPSA) is 41.5 Å². The molecule has 17 heavy (non-hydrogen) atoms. The quantitative estimate of drug-likeness (QED) is 0.717. The van der Waals surface area contributed by atoms with Gasteiger partial charge < -0.3 is 15.2 Å². The van der Waals surface area contributed by atoms with Crippen LogP contribution in [0.5, 0.6) is 0 Å². The van der Waals surface area contributed by atoms with Crippen LogP contribution in [0, 0.1) is 5.92 Å². The van der Waals surface area contributed by atoms with E-state index in [0.717, 1.165) is 38.3 Å². The molecule has 0 heterocycles. The summed E-state index contributed by atoms with van der Waals surface area (Å²) in [5.74, 6) is 0.938. The average molecular weight is 241 g/mol. The molecule has 2 aliphatic carbocycles. The van der Waals surface area contributed by atoms with Gasteiger partial charge in [-0.15, -0.1) is 0 Å². The average Bonchev–Trinajstić information content (AvgIpc) is 2.67. The molecule has 2 N–H and O–H groups in total. The van der Waals surface area contributed by atoms with Crippen LogP contribution in [0.15, 0.2) is 0 Å². The third kappa shape index (κ3) is 3.43. The third-order valence-corrected chi connectivity index (χ3v) is 4.52. The van der Waals surface area contributed by atoms with Crippen molar-refractivity contribution in [3.8, 4) is 0 Å². The number of nitrogens with one attached hydrogen (secondary N) is 1. The summed E-state index contributed by atoms with van der Waals surface area (Å²) in [5.41, 5.74) is -0.0596. The van der Waals surface area contributed by atoms with Crippen LogP contribution in [0.2, 0.25) is 0 Å². The van der Waals surface area contributed by atoms with Crippen LogP contribution in [-0.4, -0.2) is 36.5 Å². The van der Waals surface area contributed by atoms with E-state index in [2.05, 4.69) is 12.2 Å². The Labute approximate surface area is 105 Å². The fourth-order valence-electron chi connectivity index (χ4n) is 3.14. The standard InChI is InChI=1S/C14H27NO2/c1-2-15-14(11-16)8-6-13(10-14)17-9-7-12-4-3-5-12/h12-13,15-16H,2-11H2,1H3. The maximum atomic E-state index is 9.51. The van der Waals surface area contributed by atoms with Gasteiger partial charge in [0, 0.05) is 12.1 Å². The van der Waals surface area contributed by atoms with Crippen LogP contribution in [0.3, 0.4) is 0 Å². The Morgan fingerprint density at radius 1 is 1.35 bits per heavy atom. The van der Waals surface area contributed by atoms with Crippen molar-refractivity contribution in [2.75, 3.05) is 19.8 Å². The molecule has 0 aromatic carbocycles. The molecule has 2 fully saturated rings. The van der Waals surface area contributed by atoms with Gasteiger partial charge in [0.1, 0.15) is 0 Å². The first-order chi connectivity index (χ1) is 8.28. The van der Waals surface area contributed by atoms with Crippen molar-refractivity contribution in [1.82, 2.24) is 5.32 Å². The number of hydrogen-bond donors (Lipinski definition) is 2. The molecule has 2 unspecified atom stereocenters. The van der Waals surface area contributed by atoms with E-state index in [1.807, 2.05) is 0 Å². The van der Waals surface area contributed by atoms with Crippen molar-refractivity contribution >= 4 is 0 Å². The van der Waals surface area contributed by atoms with Crippen LogP contribution in [0.1, 0.15) is 51.9 Å². The van der Waals surface area contributed by atoms with Crippen LogP contribution in [0.4, 0.5) is 0 Å². The lowest BCUT2D eigenvalue weighted by Gasteiger charge is -2.28. The molecule has 2 rings (SSSR count). The maximum Gasteiger partial charge on any atom is 0.0614 e. The largest absolute Gasteiger partial charge is 0.394 e. The Kier molecular flexibility index (Phi) is 4.83. The number of aliphatic hydroxyl groups is 1. The first kappa shape index (κ1) is 13.3. The zero-order valence-corrected chi connectivity index (χ0v) is 11.1. The van der Waals surface area contributed by atoms with Gasteiger partial charge in [-0.25, -0.2) is 0 Å². The molecule has 3 nitrogen and oxygen atoms in total. The van der Waals surface area contributed by atoms with Crippen LogP contribution in [-0.2, 0) is 4.74 Å². The van der Waals surface area contributed by atoms with Gasteiger partial charge >= 0.3 is 0 Å². The molecule has 0 amide bonds. The zero-order valence-electron chi connectivity index (χ0n) is 11.1. The molecule has 100 valence electrons. The van der Waals surface area contributed by atoms with Crippen molar-refractivity contribution in [3.63, 3.8) is 0 Å². The first-order valence-electron chi connectivity index (χ1n) is 7.25. The summed E-state index contributed by atoms with van der Waals surface area (Å²) in [6.45, 7) is 4.18. The number of rotatable bonds is 7. The lowest BCUT2D eigenvalue weighted by Crippen LogP contribution is -2.46. The predicted molar refractivity (Wildman–Crippen MR) is 69.0 cm³/mol. The van der Waals surface area contributed by atoms with E-state index in [4.69, 9.17) is 4.74 Å². The van der Waals surface area contributed by atoms with E-state index in [9.17, 15) is 5.11 Å². The summed E-state index contributed by atoms with van der Waals surface area (Å²) in [6, 6.07) is 0. The molecule has 2 saturated carbocycles. The van der Waals surface area contributed by atoms with Crippen molar-refractivity contribution in [1.29, 1.82) is 0 Å².